The lowest BCUT2D eigenvalue weighted by atomic mass is 10.1. The van der Waals surface area contributed by atoms with Crippen molar-refractivity contribution >= 4 is 23.3 Å². The second-order valence-corrected chi connectivity index (χ2v) is 4.25. The molecule has 2 aromatic carbocycles. The number of carboxylic acids is 1. The predicted molar refractivity (Wildman–Crippen MR) is 76.9 cm³/mol. The normalized spacial score (nSPS) is 9.67. The SMILES string of the molecule is N#Cc1ccc(C(=O)Nc2ccc(C(=O)O)cc2N)cc1. The van der Waals surface area contributed by atoms with E-state index in [-0.39, 0.29) is 11.3 Å². The molecule has 6 heteroatoms. The van der Waals surface area contributed by atoms with Gasteiger partial charge in [0, 0.05) is 5.56 Å². The van der Waals surface area contributed by atoms with Crippen LogP contribution in [0.1, 0.15) is 26.3 Å². The van der Waals surface area contributed by atoms with Gasteiger partial charge in [0.15, 0.2) is 0 Å². The van der Waals surface area contributed by atoms with Gasteiger partial charge < -0.3 is 16.2 Å². The number of anilines is 2. The third-order valence-corrected chi connectivity index (χ3v) is 2.82. The first-order valence-corrected chi connectivity index (χ1v) is 5.95. The smallest absolute Gasteiger partial charge is 0.335 e. The van der Waals surface area contributed by atoms with Gasteiger partial charge in [-0.2, -0.15) is 5.26 Å². The summed E-state index contributed by atoms with van der Waals surface area (Å²) in [6, 6.07) is 12.1. The first-order valence-electron chi connectivity index (χ1n) is 5.95. The van der Waals surface area contributed by atoms with Crippen molar-refractivity contribution in [2.75, 3.05) is 11.1 Å². The van der Waals surface area contributed by atoms with Crippen LogP contribution in [0.5, 0.6) is 0 Å². The van der Waals surface area contributed by atoms with Gasteiger partial charge in [-0.25, -0.2) is 4.79 Å². The van der Waals surface area contributed by atoms with Gasteiger partial charge in [-0.05, 0) is 42.5 Å². The van der Waals surface area contributed by atoms with Crippen LogP contribution in [0.15, 0.2) is 42.5 Å². The number of nitrogens with one attached hydrogen (secondary N) is 1. The number of benzene rings is 2. The number of rotatable bonds is 3. The minimum Gasteiger partial charge on any atom is -0.478 e. The molecule has 0 bridgehead atoms. The molecule has 0 saturated carbocycles. The van der Waals surface area contributed by atoms with Crippen LogP contribution >= 0.6 is 0 Å². The van der Waals surface area contributed by atoms with Crippen LogP contribution in [0.4, 0.5) is 11.4 Å². The molecule has 0 saturated heterocycles. The Labute approximate surface area is 120 Å². The molecule has 1 amide bonds. The molecule has 6 nitrogen and oxygen atoms in total. The van der Waals surface area contributed by atoms with Gasteiger partial charge >= 0.3 is 5.97 Å². The first kappa shape index (κ1) is 14.1. The molecular weight excluding hydrogens is 270 g/mol. The van der Waals surface area contributed by atoms with E-state index in [1.54, 1.807) is 0 Å². The Hall–Kier alpha value is -3.33. The first-order chi connectivity index (χ1) is 10.0. The van der Waals surface area contributed by atoms with Crippen molar-refractivity contribution in [3.63, 3.8) is 0 Å². The van der Waals surface area contributed by atoms with Crippen LogP contribution < -0.4 is 11.1 Å². The molecule has 2 aromatic rings. The predicted octanol–water partition coefficient (Wildman–Crippen LogP) is 2.09. The van der Waals surface area contributed by atoms with Gasteiger partial charge in [-0.3, -0.25) is 4.79 Å². The molecule has 0 heterocycles. The van der Waals surface area contributed by atoms with Crippen molar-refractivity contribution in [3.05, 3.63) is 59.2 Å². The van der Waals surface area contributed by atoms with Crippen molar-refractivity contribution in [1.82, 2.24) is 0 Å². The van der Waals surface area contributed by atoms with Crippen molar-refractivity contribution in [3.8, 4) is 6.07 Å². The van der Waals surface area contributed by atoms with E-state index in [1.165, 1.54) is 42.5 Å². The number of nitrogens with two attached hydrogens (primary N) is 1. The molecule has 0 aliphatic rings. The topological polar surface area (TPSA) is 116 Å². The highest BCUT2D eigenvalue weighted by atomic mass is 16.4. The summed E-state index contributed by atoms with van der Waals surface area (Å²) in [6.45, 7) is 0. The molecule has 0 aliphatic carbocycles. The van der Waals surface area contributed by atoms with Crippen molar-refractivity contribution in [1.29, 1.82) is 5.26 Å². The minimum absolute atomic E-state index is 0.0453. The molecule has 0 unspecified atom stereocenters. The minimum atomic E-state index is -1.09. The second kappa shape index (κ2) is 5.75. The molecule has 0 aliphatic heterocycles. The van der Waals surface area contributed by atoms with E-state index in [4.69, 9.17) is 16.1 Å². The third kappa shape index (κ3) is 3.16. The van der Waals surface area contributed by atoms with E-state index in [0.717, 1.165) is 0 Å². The fourth-order valence-corrected chi connectivity index (χ4v) is 1.70. The number of nitrogen functional groups attached to an aromatic ring is 1. The molecule has 4 N–H and O–H groups in total. The molecule has 104 valence electrons. The maximum absolute atomic E-state index is 12.0. The summed E-state index contributed by atoms with van der Waals surface area (Å²) in [4.78, 5) is 22.8. The summed E-state index contributed by atoms with van der Waals surface area (Å²) in [5.41, 5.74) is 7.07. The van der Waals surface area contributed by atoms with Crippen LogP contribution in [0.25, 0.3) is 0 Å². The number of carboxylic acid groups (broad SMARTS) is 1. The molecule has 0 fully saturated rings. The average molecular weight is 281 g/mol. The highest BCUT2D eigenvalue weighted by Crippen LogP contribution is 2.20. The van der Waals surface area contributed by atoms with Gasteiger partial charge in [0.2, 0.25) is 0 Å². The highest BCUT2D eigenvalue weighted by Gasteiger charge is 2.10. The number of amides is 1. The Balaban J connectivity index is 2.19. The number of carbonyl (C=O) groups is 2. The third-order valence-electron chi connectivity index (χ3n) is 2.82. The zero-order valence-corrected chi connectivity index (χ0v) is 10.8. The standard InChI is InChI=1S/C15H11N3O3/c16-8-9-1-3-10(4-2-9)14(19)18-13-6-5-11(15(20)21)7-12(13)17/h1-7H,17H2,(H,18,19)(H,20,21). The summed E-state index contributed by atoms with van der Waals surface area (Å²) in [6.07, 6.45) is 0. The average Bonchev–Trinajstić information content (AvgIpc) is 2.49. The number of hydrogen-bond acceptors (Lipinski definition) is 4. The molecule has 0 aromatic heterocycles. The maximum Gasteiger partial charge on any atom is 0.335 e. The van der Waals surface area contributed by atoms with Crippen LogP contribution in [0.3, 0.4) is 0 Å². The maximum atomic E-state index is 12.0. The van der Waals surface area contributed by atoms with Crippen LogP contribution in [-0.4, -0.2) is 17.0 Å². The number of nitriles is 1. The van der Waals surface area contributed by atoms with Gasteiger partial charge in [-0.15, -0.1) is 0 Å². The lowest BCUT2D eigenvalue weighted by molar-refractivity contribution is 0.0697. The molecule has 2 rings (SSSR count). The molecule has 0 spiro atoms. The van der Waals surface area contributed by atoms with Crippen LogP contribution in [0, 0.1) is 11.3 Å². The summed E-state index contributed by atoms with van der Waals surface area (Å²) in [5.74, 6) is -1.49. The van der Waals surface area contributed by atoms with E-state index in [1.807, 2.05) is 6.07 Å². The summed E-state index contributed by atoms with van der Waals surface area (Å²) in [7, 11) is 0. The number of hydrogen-bond donors (Lipinski definition) is 3. The van der Waals surface area contributed by atoms with Crippen LogP contribution in [0.2, 0.25) is 0 Å². The quantitative estimate of drug-likeness (QED) is 0.745. The lowest BCUT2D eigenvalue weighted by Crippen LogP contribution is -2.13. The van der Waals surface area contributed by atoms with E-state index >= 15 is 0 Å². The number of nitrogens with zero attached hydrogens (tertiary/aromatic N) is 1. The monoisotopic (exact) mass is 281 g/mol. The fraction of sp³-hybridized carbons (Fsp3) is 0. The van der Waals surface area contributed by atoms with Crippen molar-refractivity contribution in [2.24, 2.45) is 0 Å². The van der Waals surface area contributed by atoms with Crippen molar-refractivity contribution < 1.29 is 14.7 Å². The fourth-order valence-electron chi connectivity index (χ4n) is 1.70. The van der Waals surface area contributed by atoms with Gasteiger partial charge in [0.05, 0.1) is 28.6 Å². The summed E-state index contributed by atoms with van der Waals surface area (Å²) < 4.78 is 0. The summed E-state index contributed by atoms with van der Waals surface area (Å²) >= 11 is 0. The Morgan fingerprint density at radius 1 is 1.10 bits per heavy atom. The van der Waals surface area contributed by atoms with Gasteiger partial charge in [-0.1, -0.05) is 0 Å². The zero-order valence-electron chi connectivity index (χ0n) is 10.8. The van der Waals surface area contributed by atoms with Gasteiger partial charge in [0.25, 0.3) is 5.91 Å². The summed E-state index contributed by atoms with van der Waals surface area (Å²) in [5, 5.41) is 20.1. The molecule has 21 heavy (non-hydrogen) atoms. The zero-order chi connectivity index (χ0) is 15.4. The van der Waals surface area contributed by atoms with Crippen molar-refractivity contribution in [2.45, 2.75) is 0 Å². The number of aromatic carboxylic acids is 1. The largest absolute Gasteiger partial charge is 0.478 e. The number of carbonyl (C=O) groups excluding carboxylic acids is 1. The van der Waals surface area contributed by atoms with Crippen LogP contribution in [-0.2, 0) is 0 Å². The molecular formula is C15H11N3O3. The highest BCUT2D eigenvalue weighted by molar-refractivity contribution is 6.06. The lowest BCUT2D eigenvalue weighted by Gasteiger charge is -2.09. The van der Waals surface area contributed by atoms with E-state index in [0.29, 0.717) is 16.8 Å². The van der Waals surface area contributed by atoms with E-state index in [9.17, 15) is 9.59 Å². The van der Waals surface area contributed by atoms with Gasteiger partial charge in [0.1, 0.15) is 0 Å². The Morgan fingerprint density at radius 2 is 1.71 bits per heavy atom. The Kier molecular flexibility index (Phi) is 3.86. The van der Waals surface area contributed by atoms with E-state index in [2.05, 4.69) is 5.32 Å². The Bertz CT molecular complexity index is 746. The Morgan fingerprint density at radius 3 is 2.24 bits per heavy atom. The van der Waals surface area contributed by atoms with E-state index < -0.39 is 11.9 Å². The molecule has 0 radical (unpaired) electrons. The molecule has 0 atom stereocenters. The second-order valence-electron chi connectivity index (χ2n) is 4.25.